The number of carbonyl (C=O) groups excluding carboxylic acids is 1. The quantitative estimate of drug-likeness (QED) is 0.220. The molecular formula is C31H35ClN4O2S. The molecular weight excluding hydrogens is 528 g/mol. The van der Waals surface area contributed by atoms with Crippen LogP contribution in [0.4, 0.5) is 5.95 Å². The van der Waals surface area contributed by atoms with Crippen LogP contribution in [0.2, 0.25) is 5.02 Å². The molecule has 2 aromatic heterocycles. The van der Waals surface area contributed by atoms with Gasteiger partial charge in [0.2, 0.25) is 5.95 Å². The smallest absolute Gasteiger partial charge is 0.266 e. The topological polar surface area (TPSA) is 58.6 Å². The highest BCUT2D eigenvalue weighted by Crippen LogP contribution is 2.39. The summed E-state index contributed by atoms with van der Waals surface area (Å²) in [6, 6.07) is 14.2. The van der Waals surface area contributed by atoms with E-state index in [4.69, 9.17) is 16.3 Å². The second-order valence-corrected chi connectivity index (χ2v) is 11.9. The van der Waals surface area contributed by atoms with Crippen LogP contribution in [0.1, 0.15) is 54.3 Å². The Kier molecular flexibility index (Phi) is 8.38. The van der Waals surface area contributed by atoms with Gasteiger partial charge in [0, 0.05) is 60.3 Å². The third-order valence-corrected chi connectivity index (χ3v) is 9.48. The summed E-state index contributed by atoms with van der Waals surface area (Å²) in [5, 5.41) is 1.48. The molecule has 2 heterocycles. The molecule has 0 radical (unpaired) electrons. The minimum atomic E-state index is -0.00715. The zero-order valence-electron chi connectivity index (χ0n) is 23.0. The first-order valence-electron chi connectivity index (χ1n) is 13.5. The van der Waals surface area contributed by atoms with E-state index in [1.165, 1.54) is 17.8 Å². The van der Waals surface area contributed by atoms with Crippen molar-refractivity contribution in [2.45, 2.75) is 51.6 Å². The van der Waals surface area contributed by atoms with Crippen LogP contribution in [0.3, 0.4) is 0 Å². The predicted octanol–water partition coefficient (Wildman–Crippen LogP) is 7.70. The van der Waals surface area contributed by atoms with Gasteiger partial charge in [-0.2, -0.15) is 0 Å². The van der Waals surface area contributed by atoms with Crippen molar-refractivity contribution in [1.29, 1.82) is 0 Å². The van der Waals surface area contributed by atoms with Gasteiger partial charge in [0.25, 0.3) is 5.91 Å². The average Bonchev–Trinajstić information content (AvgIpc) is 3.32. The van der Waals surface area contributed by atoms with Gasteiger partial charge in [-0.3, -0.25) is 4.79 Å². The van der Waals surface area contributed by atoms with Crippen LogP contribution in [-0.2, 0) is 6.54 Å². The first kappa shape index (κ1) is 27.4. The third-order valence-electron chi connectivity index (χ3n) is 7.82. The standard InChI is InChI=1S/C31H35ClN4O2S/c1-5-20-10-13-24(14-11-20)36(30(37)29-28(32)25-8-6-7-9-27(25)39-29)19-22-16-21(12-15-26(22)38-4)23-17-33-31(34-18-23)35(2)3/h6-9,12,15-18,20,24H,5,10-11,13-14,19H2,1-4H3. The summed E-state index contributed by atoms with van der Waals surface area (Å²) in [5.41, 5.74) is 2.85. The molecule has 4 aromatic rings. The van der Waals surface area contributed by atoms with Crippen molar-refractivity contribution in [3.8, 4) is 16.9 Å². The van der Waals surface area contributed by atoms with Crippen molar-refractivity contribution in [3.05, 3.63) is 70.3 Å². The van der Waals surface area contributed by atoms with Gasteiger partial charge < -0.3 is 14.5 Å². The number of ether oxygens (including phenoxy) is 1. The number of rotatable bonds is 8. The number of nitrogens with zero attached hydrogens (tertiary/aromatic N) is 4. The highest BCUT2D eigenvalue weighted by atomic mass is 35.5. The molecule has 2 aromatic carbocycles. The molecule has 1 aliphatic carbocycles. The number of hydrogen-bond acceptors (Lipinski definition) is 6. The fourth-order valence-electron chi connectivity index (χ4n) is 5.48. The molecule has 0 aliphatic heterocycles. The molecule has 0 N–H and O–H groups in total. The van der Waals surface area contributed by atoms with E-state index in [0.29, 0.717) is 22.4 Å². The number of fused-ring (bicyclic) bond motifs is 1. The van der Waals surface area contributed by atoms with Crippen LogP contribution in [0.15, 0.2) is 54.9 Å². The molecule has 6 nitrogen and oxygen atoms in total. The van der Waals surface area contributed by atoms with Crippen molar-refractivity contribution >= 4 is 44.9 Å². The van der Waals surface area contributed by atoms with E-state index in [9.17, 15) is 4.79 Å². The number of anilines is 1. The molecule has 1 amide bonds. The molecule has 0 saturated heterocycles. The Balaban J connectivity index is 1.51. The number of aromatic nitrogens is 2. The van der Waals surface area contributed by atoms with Crippen LogP contribution in [0.25, 0.3) is 21.2 Å². The first-order valence-corrected chi connectivity index (χ1v) is 14.7. The Morgan fingerprint density at radius 1 is 1.05 bits per heavy atom. The average molecular weight is 563 g/mol. The maximum atomic E-state index is 14.2. The van der Waals surface area contributed by atoms with Gasteiger partial charge in [-0.15, -0.1) is 11.3 Å². The van der Waals surface area contributed by atoms with Crippen molar-refractivity contribution < 1.29 is 9.53 Å². The maximum Gasteiger partial charge on any atom is 0.266 e. The summed E-state index contributed by atoms with van der Waals surface area (Å²) in [7, 11) is 5.51. The van der Waals surface area contributed by atoms with Crippen molar-refractivity contribution in [1.82, 2.24) is 14.9 Å². The second-order valence-electron chi connectivity index (χ2n) is 10.4. The molecule has 0 atom stereocenters. The van der Waals surface area contributed by atoms with E-state index < -0.39 is 0 Å². The Morgan fingerprint density at radius 3 is 2.41 bits per heavy atom. The molecule has 0 spiro atoms. The number of halogens is 1. The highest BCUT2D eigenvalue weighted by Gasteiger charge is 2.32. The lowest BCUT2D eigenvalue weighted by atomic mass is 9.83. The van der Waals surface area contributed by atoms with Gasteiger partial charge in [0.05, 0.1) is 12.1 Å². The van der Waals surface area contributed by atoms with E-state index >= 15 is 0 Å². The predicted molar refractivity (Wildman–Crippen MR) is 161 cm³/mol. The fourth-order valence-corrected chi connectivity index (χ4v) is 6.95. The molecule has 1 aliphatic rings. The van der Waals surface area contributed by atoms with Crippen molar-refractivity contribution in [2.75, 3.05) is 26.1 Å². The van der Waals surface area contributed by atoms with Crippen LogP contribution in [0, 0.1) is 5.92 Å². The van der Waals surface area contributed by atoms with Gasteiger partial charge in [-0.1, -0.05) is 49.2 Å². The largest absolute Gasteiger partial charge is 0.496 e. The number of hydrogen-bond donors (Lipinski definition) is 0. The summed E-state index contributed by atoms with van der Waals surface area (Å²) in [4.78, 5) is 27.7. The van der Waals surface area contributed by atoms with E-state index in [1.807, 2.05) is 72.7 Å². The molecule has 5 rings (SSSR count). The Labute approximate surface area is 239 Å². The molecule has 0 bridgehead atoms. The lowest BCUT2D eigenvalue weighted by Gasteiger charge is -2.37. The monoisotopic (exact) mass is 562 g/mol. The lowest BCUT2D eigenvalue weighted by molar-refractivity contribution is 0.0591. The highest BCUT2D eigenvalue weighted by molar-refractivity contribution is 7.21. The second kappa shape index (κ2) is 11.9. The van der Waals surface area contributed by atoms with Gasteiger partial charge >= 0.3 is 0 Å². The van der Waals surface area contributed by atoms with Gasteiger partial charge in [0.1, 0.15) is 10.6 Å². The molecule has 0 unspecified atom stereocenters. The van der Waals surface area contributed by atoms with E-state index in [0.717, 1.165) is 64.1 Å². The minimum Gasteiger partial charge on any atom is -0.496 e. The summed E-state index contributed by atoms with van der Waals surface area (Å²) in [6.45, 7) is 2.70. The Bertz CT molecular complexity index is 1450. The van der Waals surface area contributed by atoms with Gasteiger partial charge in [-0.25, -0.2) is 9.97 Å². The van der Waals surface area contributed by atoms with E-state index in [2.05, 4.69) is 23.0 Å². The van der Waals surface area contributed by atoms with Crippen LogP contribution in [-0.4, -0.2) is 48.0 Å². The van der Waals surface area contributed by atoms with Crippen molar-refractivity contribution in [2.24, 2.45) is 5.92 Å². The lowest BCUT2D eigenvalue weighted by Crippen LogP contribution is -2.41. The SMILES string of the molecule is CCC1CCC(N(Cc2cc(-c3cnc(N(C)C)nc3)ccc2OC)C(=O)c2sc3ccccc3c2Cl)CC1. The van der Waals surface area contributed by atoms with Crippen LogP contribution in [0.5, 0.6) is 5.75 Å². The van der Waals surface area contributed by atoms with Crippen molar-refractivity contribution in [3.63, 3.8) is 0 Å². The molecule has 1 fully saturated rings. The maximum absolute atomic E-state index is 14.2. The minimum absolute atomic E-state index is 0.00715. The van der Waals surface area contributed by atoms with Gasteiger partial charge in [-0.05, 0) is 55.4 Å². The Hall–Kier alpha value is -3.16. The molecule has 204 valence electrons. The molecule has 1 saturated carbocycles. The number of amides is 1. The fraction of sp³-hybridized carbons (Fsp3) is 0.387. The number of methoxy groups -OCH3 is 1. The summed E-state index contributed by atoms with van der Waals surface area (Å²) < 4.78 is 6.80. The zero-order valence-corrected chi connectivity index (χ0v) is 24.6. The van der Waals surface area contributed by atoms with Crippen LogP contribution < -0.4 is 9.64 Å². The number of benzene rings is 2. The number of thiophene rings is 1. The summed E-state index contributed by atoms with van der Waals surface area (Å²) in [6.07, 6.45) is 9.12. The molecule has 8 heteroatoms. The molecule has 39 heavy (non-hydrogen) atoms. The number of carbonyl (C=O) groups is 1. The third kappa shape index (κ3) is 5.75. The zero-order chi connectivity index (χ0) is 27.5. The summed E-state index contributed by atoms with van der Waals surface area (Å²) >= 11 is 8.28. The Morgan fingerprint density at radius 2 is 1.77 bits per heavy atom. The van der Waals surface area contributed by atoms with E-state index in [1.54, 1.807) is 7.11 Å². The normalized spacial score (nSPS) is 17.3. The van der Waals surface area contributed by atoms with Gasteiger partial charge in [0.15, 0.2) is 0 Å². The first-order chi connectivity index (χ1) is 18.9. The van der Waals surface area contributed by atoms with E-state index in [-0.39, 0.29) is 11.9 Å². The van der Waals surface area contributed by atoms with Crippen LogP contribution >= 0.6 is 22.9 Å². The summed E-state index contributed by atoms with van der Waals surface area (Å²) in [5.74, 6) is 2.14.